The first kappa shape index (κ1) is 17.9. The van der Waals surface area contributed by atoms with Crippen molar-refractivity contribution in [2.75, 3.05) is 13.1 Å². The number of aryl methyl sites for hydroxylation is 2. The van der Waals surface area contributed by atoms with Crippen LogP contribution in [0, 0.1) is 19.7 Å². The maximum atomic E-state index is 12.9. The maximum Gasteiger partial charge on any atom is 0.243 e. The Morgan fingerprint density at radius 2 is 1.68 bits per heavy atom. The third kappa shape index (κ3) is 4.02. The largest absolute Gasteiger partial charge is 0.490 e. The van der Waals surface area contributed by atoms with Gasteiger partial charge in [-0.05, 0) is 68.1 Å². The number of sulfonamides is 1. The Morgan fingerprint density at radius 1 is 1.04 bits per heavy atom. The van der Waals surface area contributed by atoms with Gasteiger partial charge < -0.3 is 4.74 Å². The van der Waals surface area contributed by atoms with Gasteiger partial charge in [-0.1, -0.05) is 12.1 Å². The molecule has 0 radical (unpaired) electrons. The van der Waals surface area contributed by atoms with Crippen LogP contribution >= 0.6 is 0 Å². The van der Waals surface area contributed by atoms with E-state index in [-0.39, 0.29) is 11.9 Å². The monoisotopic (exact) mass is 363 g/mol. The van der Waals surface area contributed by atoms with Gasteiger partial charge in [-0.2, -0.15) is 4.31 Å². The predicted molar refractivity (Wildman–Crippen MR) is 94.7 cm³/mol. The molecule has 0 N–H and O–H groups in total. The number of hydrogen-bond donors (Lipinski definition) is 0. The second kappa shape index (κ2) is 7.14. The zero-order valence-electron chi connectivity index (χ0n) is 14.4. The fourth-order valence-corrected chi connectivity index (χ4v) is 4.80. The lowest BCUT2D eigenvalue weighted by Crippen LogP contribution is -2.41. The molecule has 6 heteroatoms. The molecule has 1 aliphatic rings. The van der Waals surface area contributed by atoms with Crippen LogP contribution in [0.5, 0.6) is 5.75 Å². The lowest BCUT2D eigenvalue weighted by Gasteiger charge is -2.31. The van der Waals surface area contributed by atoms with Crippen molar-refractivity contribution < 1.29 is 17.5 Å². The molecule has 0 bridgehead atoms. The van der Waals surface area contributed by atoms with Crippen molar-refractivity contribution in [3.8, 4) is 5.75 Å². The van der Waals surface area contributed by atoms with E-state index in [9.17, 15) is 12.8 Å². The van der Waals surface area contributed by atoms with E-state index in [1.54, 1.807) is 18.2 Å². The number of hydrogen-bond acceptors (Lipinski definition) is 3. The van der Waals surface area contributed by atoms with Crippen molar-refractivity contribution in [1.82, 2.24) is 4.31 Å². The standard InChI is InChI=1S/C19H22FNO3S/c1-14-3-4-15(2)19(13-14)25(22,23)21-11-9-18(10-12-21)24-17-7-5-16(20)6-8-17/h3-8,13,18H,9-12H2,1-2H3. The van der Waals surface area contributed by atoms with Crippen LogP contribution in [0.15, 0.2) is 47.4 Å². The van der Waals surface area contributed by atoms with Crippen LogP contribution in [-0.2, 0) is 10.0 Å². The molecule has 0 amide bonds. The van der Waals surface area contributed by atoms with Crippen molar-refractivity contribution in [1.29, 1.82) is 0 Å². The van der Waals surface area contributed by atoms with Gasteiger partial charge in [-0.15, -0.1) is 0 Å². The number of nitrogens with zero attached hydrogens (tertiary/aromatic N) is 1. The van der Waals surface area contributed by atoms with Crippen molar-refractivity contribution >= 4 is 10.0 Å². The fraction of sp³-hybridized carbons (Fsp3) is 0.368. The smallest absolute Gasteiger partial charge is 0.243 e. The normalized spacial score (nSPS) is 16.8. The Balaban J connectivity index is 1.67. The molecule has 1 aliphatic heterocycles. The molecule has 1 saturated heterocycles. The highest BCUT2D eigenvalue weighted by atomic mass is 32.2. The molecular formula is C19H22FNO3S. The van der Waals surface area contributed by atoms with Gasteiger partial charge in [0, 0.05) is 13.1 Å². The first-order chi connectivity index (χ1) is 11.9. The minimum absolute atomic E-state index is 0.0597. The molecule has 134 valence electrons. The Morgan fingerprint density at radius 3 is 2.32 bits per heavy atom. The van der Waals surface area contributed by atoms with E-state index in [0.29, 0.717) is 36.6 Å². The zero-order chi connectivity index (χ0) is 18.0. The van der Waals surface area contributed by atoms with Gasteiger partial charge in [-0.3, -0.25) is 0 Å². The molecule has 25 heavy (non-hydrogen) atoms. The van der Waals surface area contributed by atoms with E-state index >= 15 is 0 Å². The van der Waals surface area contributed by atoms with Gasteiger partial charge >= 0.3 is 0 Å². The highest BCUT2D eigenvalue weighted by Crippen LogP contribution is 2.26. The number of benzene rings is 2. The first-order valence-electron chi connectivity index (χ1n) is 8.36. The highest BCUT2D eigenvalue weighted by molar-refractivity contribution is 7.89. The number of ether oxygens (including phenoxy) is 1. The van der Waals surface area contributed by atoms with Gasteiger partial charge in [0.25, 0.3) is 0 Å². The number of halogens is 1. The lowest BCUT2D eigenvalue weighted by molar-refractivity contribution is 0.135. The van der Waals surface area contributed by atoms with Crippen LogP contribution in [0.2, 0.25) is 0 Å². The molecule has 1 heterocycles. The van der Waals surface area contributed by atoms with E-state index in [4.69, 9.17) is 4.74 Å². The summed E-state index contributed by atoms with van der Waals surface area (Å²) in [6, 6.07) is 11.4. The molecule has 0 aliphatic carbocycles. The summed E-state index contributed by atoms with van der Waals surface area (Å²) in [5, 5.41) is 0. The SMILES string of the molecule is Cc1ccc(C)c(S(=O)(=O)N2CCC(Oc3ccc(F)cc3)CC2)c1. The third-order valence-corrected chi connectivity index (χ3v) is 6.52. The summed E-state index contributed by atoms with van der Waals surface area (Å²) in [6.45, 7) is 4.54. The van der Waals surface area contributed by atoms with E-state index in [2.05, 4.69) is 0 Å². The van der Waals surface area contributed by atoms with Gasteiger partial charge in [0.05, 0.1) is 4.90 Å². The highest BCUT2D eigenvalue weighted by Gasteiger charge is 2.31. The molecule has 2 aromatic carbocycles. The Bertz CT molecular complexity index is 841. The average molecular weight is 363 g/mol. The quantitative estimate of drug-likeness (QED) is 0.833. The second-order valence-corrected chi connectivity index (χ2v) is 8.35. The topological polar surface area (TPSA) is 46.6 Å². The number of rotatable bonds is 4. The first-order valence-corrected chi connectivity index (χ1v) is 9.80. The Kier molecular flexibility index (Phi) is 5.11. The summed E-state index contributed by atoms with van der Waals surface area (Å²) in [5.41, 5.74) is 1.69. The van der Waals surface area contributed by atoms with Gasteiger partial charge in [0.15, 0.2) is 0 Å². The molecule has 0 unspecified atom stereocenters. The van der Waals surface area contributed by atoms with Crippen molar-refractivity contribution in [2.24, 2.45) is 0 Å². The minimum Gasteiger partial charge on any atom is -0.490 e. The van der Waals surface area contributed by atoms with Crippen molar-refractivity contribution in [3.05, 3.63) is 59.4 Å². The molecule has 0 saturated carbocycles. The summed E-state index contributed by atoms with van der Waals surface area (Å²) in [6.07, 6.45) is 1.17. The summed E-state index contributed by atoms with van der Waals surface area (Å²) >= 11 is 0. The van der Waals surface area contributed by atoms with Crippen LogP contribution in [-0.4, -0.2) is 31.9 Å². The average Bonchev–Trinajstić information content (AvgIpc) is 2.59. The summed E-state index contributed by atoms with van der Waals surface area (Å²) in [4.78, 5) is 0.380. The summed E-state index contributed by atoms with van der Waals surface area (Å²) < 4.78 is 46.1. The summed E-state index contributed by atoms with van der Waals surface area (Å²) in [5.74, 6) is 0.305. The van der Waals surface area contributed by atoms with Gasteiger partial charge in [0.1, 0.15) is 17.7 Å². The second-order valence-electron chi connectivity index (χ2n) is 6.44. The maximum absolute atomic E-state index is 12.9. The van der Waals surface area contributed by atoms with Gasteiger partial charge in [-0.25, -0.2) is 12.8 Å². The molecule has 0 aromatic heterocycles. The van der Waals surface area contributed by atoms with E-state index in [0.717, 1.165) is 11.1 Å². The third-order valence-electron chi connectivity index (χ3n) is 4.48. The molecule has 0 spiro atoms. The van der Waals surface area contributed by atoms with Crippen LogP contribution in [0.3, 0.4) is 0 Å². The van der Waals surface area contributed by atoms with Crippen molar-refractivity contribution in [2.45, 2.75) is 37.7 Å². The van der Waals surface area contributed by atoms with Gasteiger partial charge in [0.2, 0.25) is 10.0 Å². The van der Waals surface area contributed by atoms with Crippen molar-refractivity contribution in [3.63, 3.8) is 0 Å². The zero-order valence-corrected chi connectivity index (χ0v) is 15.2. The Hall–Kier alpha value is -1.92. The van der Waals surface area contributed by atoms with Crippen LogP contribution < -0.4 is 4.74 Å². The molecule has 1 fully saturated rings. The Labute approximate surface area is 148 Å². The lowest BCUT2D eigenvalue weighted by atomic mass is 10.1. The fourth-order valence-electron chi connectivity index (χ4n) is 3.02. The molecule has 4 nitrogen and oxygen atoms in total. The van der Waals surface area contributed by atoms with Crippen LogP contribution in [0.4, 0.5) is 4.39 Å². The summed E-state index contributed by atoms with van der Waals surface area (Å²) in [7, 11) is -3.49. The van der Waals surface area contributed by atoms with E-state index in [1.807, 2.05) is 26.0 Å². The number of piperidine rings is 1. The molecular weight excluding hydrogens is 341 g/mol. The van der Waals surface area contributed by atoms with E-state index in [1.165, 1.54) is 16.4 Å². The van der Waals surface area contributed by atoms with Crippen LogP contribution in [0.1, 0.15) is 24.0 Å². The minimum atomic E-state index is -3.49. The molecule has 2 aromatic rings. The van der Waals surface area contributed by atoms with E-state index < -0.39 is 10.0 Å². The van der Waals surface area contributed by atoms with Crippen LogP contribution in [0.25, 0.3) is 0 Å². The molecule has 3 rings (SSSR count). The predicted octanol–water partition coefficient (Wildman–Crippen LogP) is 3.67. The molecule has 0 atom stereocenters.